The van der Waals surface area contributed by atoms with Gasteiger partial charge in [0, 0.05) is 0 Å². The monoisotopic (exact) mass is 206 g/mol. The Hall–Kier alpha value is 0.210. The molecule has 0 amide bonds. The Kier molecular flexibility index (Phi) is 3.61. The highest BCUT2D eigenvalue weighted by atomic mass is 35.5. The van der Waals surface area contributed by atoms with E-state index in [2.05, 4.69) is 27.7 Å². The fourth-order valence-corrected chi connectivity index (χ4v) is 1.88. The van der Waals surface area contributed by atoms with Crippen LogP contribution in [0.4, 0.5) is 0 Å². The summed E-state index contributed by atoms with van der Waals surface area (Å²) in [4.78, 5) is 0. The molecular formula is C10H19ClO2. The zero-order valence-electron chi connectivity index (χ0n) is 8.84. The molecule has 0 radical (unpaired) electrons. The molecule has 0 aliphatic carbocycles. The molecular weight excluding hydrogens is 188 g/mol. The zero-order chi connectivity index (χ0) is 10.1. The maximum Gasteiger partial charge on any atom is 0.171 e. The van der Waals surface area contributed by atoms with Crippen molar-refractivity contribution in [2.45, 2.75) is 52.6 Å². The molecule has 1 rings (SSSR count). The minimum atomic E-state index is -0.242. The average Bonchev–Trinajstić information content (AvgIpc) is 2.09. The van der Waals surface area contributed by atoms with Crippen LogP contribution in [0, 0.1) is 5.41 Å². The van der Waals surface area contributed by atoms with E-state index in [9.17, 15) is 0 Å². The van der Waals surface area contributed by atoms with Crippen molar-refractivity contribution in [3.8, 4) is 0 Å². The molecule has 1 aliphatic rings. The number of halogens is 1. The maximum atomic E-state index is 5.73. The van der Waals surface area contributed by atoms with Crippen molar-refractivity contribution >= 4 is 11.6 Å². The highest BCUT2D eigenvalue weighted by molar-refractivity contribution is 6.18. The molecule has 0 N–H and O–H groups in total. The molecule has 3 atom stereocenters. The van der Waals surface area contributed by atoms with Gasteiger partial charge in [0.15, 0.2) is 6.29 Å². The Morgan fingerprint density at radius 2 is 1.92 bits per heavy atom. The fourth-order valence-electron chi connectivity index (χ4n) is 1.73. The van der Waals surface area contributed by atoms with Crippen LogP contribution in [0.5, 0.6) is 0 Å². The summed E-state index contributed by atoms with van der Waals surface area (Å²) in [6, 6.07) is 0. The molecule has 3 heteroatoms. The van der Waals surface area contributed by atoms with E-state index in [1.165, 1.54) is 0 Å². The largest absolute Gasteiger partial charge is 0.348 e. The van der Waals surface area contributed by atoms with Crippen molar-refractivity contribution in [2.24, 2.45) is 5.41 Å². The van der Waals surface area contributed by atoms with E-state index >= 15 is 0 Å². The molecule has 3 unspecified atom stereocenters. The number of ether oxygens (including phenoxy) is 2. The molecule has 2 nitrogen and oxygen atoms in total. The van der Waals surface area contributed by atoms with Crippen LogP contribution in [0.1, 0.15) is 34.1 Å². The zero-order valence-corrected chi connectivity index (χ0v) is 9.60. The van der Waals surface area contributed by atoms with Gasteiger partial charge in [-0.1, -0.05) is 13.8 Å². The molecule has 1 heterocycles. The smallest absolute Gasteiger partial charge is 0.171 e. The highest BCUT2D eigenvalue weighted by Crippen LogP contribution is 2.34. The number of hydrogen-bond donors (Lipinski definition) is 0. The summed E-state index contributed by atoms with van der Waals surface area (Å²) in [7, 11) is 0. The van der Waals surface area contributed by atoms with Crippen LogP contribution in [0.2, 0.25) is 0 Å². The second kappa shape index (κ2) is 4.16. The lowest BCUT2D eigenvalue weighted by Gasteiger charge is -2.29. The van der Waals surface area contributed by atoms with E-state index in [0.717, 1.165) is 6.42 Å². The quantitative estimate of drug-likeness (QED) is 0.615. The number of hydrogen-bond acceptors (Lipinski definition) is 2. The molecule has 0 bridgehead atoms. The summed E-state index contributed by atoms with van der Waals surface area (Å²) in [5.74, 6) is 0.408. The lowest BCUT2D eigenvalue weighted by Crippen LogP contribution is -2.31. The van der Waals surface area contributed by atoms with E-state index in [-0.39, 0.29) is 23.9 Å². The first-order valence-corrected chi connectivity index (χ1v) is 5.36. The van der Waals surface area contributed by atoms with Crippen LogP contribution in [-0.2, 0) is 9.47 Å². The average molecular weight is 207 g/mol. The molecule has 0 saturated carbocycles. The summed E-state index contributed by atoms with van der Waals surface area (Å²) < 4.78 is 11.3. The van der Waals surface area contributed by atoms with Crippen LogP contribution in [0.15, 0.2) is 0 Å². The third kappa shape index (κ3) is 2.83. The van der Waals surface area contributed by atoms with Crippen LogP contribution >= 0.6 is 11.6 Å². The van der Waals surface area contributed by atoms with Gasteiger partial charge in [-0.05, 0) is 25.7 Å². The van der Waals surface area contributed by atoms with Gasteiger partial charge >= 0.3 is 0 Å². The molecule has 0 aromatic rings. The lowest BCUT2D eigenvalue weighted by molar-refractivity contribution is -0.162. The van der Waals surface area contributed by atoms with Crippen LogP contribution < -0.4 is 0 Å². The predicted octanol–water partition coefficient (Wildman–Crippen LogP) is 2.79. The van der Waals surface area contributed by atoms with Crippen molar-refractivity contribution in [1.29, 1.82) is 0 Å². The van der Waals surface area contributed by atoms with Crippen LogP contribution in [-0.4, -0.2) is 24.4 Å². The maximum absolute atomic E-state index is 5.73. The van der Waals surface area contributed by atoms with Crippen molar-refractivity contribution in [1.82, 2.24) is 0 Å². The SMILES string of the molecule is CC1CC(C)(C)C(C)OC(CCl)O1. The second-order valence-electron chi connectivity index (χ2n) is 4.50. The first kappa shape index (κ1) is 11.3. The Bertz CT molecular complexity index is 170. The van der Waals surface area contributed by atoms with E-state index in [4.69, 9.17) is 21.1 Å². The van der Waals surface area contributed by atoms with Gasteiger partial charge < -0.3 is 9.47 Å². The van der Waals surface area contributed by atoms with Gasteiger partial charge in [-0.3, -0.25) is 0 Å². The summed E-state index contributed by atoms with van der Waals surface area (Å²) in [5, 5.41) is 0. The number of rotatable bonds is 1. The Morgan fingerprint density at radius 1 is 1.31 bits per heavy atom. The third-order valence-corrected chi connectivity index (χ3v) is 3.03. The van der Waals surface area contributed by atoms with Crippen molar-refractivity contribution in [3.63, 3.8) is 0 Å². The molecule has 0 spiro atoms. The summed E-state index contributed by atoms with van der Waals surface area (Å²) in [5.41, 5.74) is 0.167. The lowest BCUT2D eigenvalue weighted by atomic mass is 9.82. The van der Waals surface area contributed by atoms with E-state index < -0.39 is 0 Å². The van der Waals surface area contributed by atoms with Gasteiger partial charge in [-0.2, -0.15) is 0 Å². The first-order valence-electron chi connectivity index (χ1n) is 4.82. The summed E-state index contributed by atoms with van der Waals surface area (Å²) in [6.45, 7) is 8.56. The van der Waals surface area contributed by atoms with Gasteiger partial charge in [0.2, 0.25) is 0 Å². The number of alkyl halides is 1. The van der Waals surface area contributed by atoms with Gasteiger partial charge in [0.25, 0.3) is 0 Å². The Labute approximate surface area is 85.5 Å². The Balaban J connectivity index is 2.68. The van der Waals surface area contributed by atoms with Crippen molar-refractivity contribution in [3.05, 3.63) is 0 Å². The molecule has 1 fully saturated rings. The van der Waals surface area contributed by atoms with Crippen molar-refractivity contribution < 1.29 is 9.47 Å². The normalized spacial score (nSPS) is 39.9. The molecule has 1 aliphatic heterocycles. The second-order valence-corrected chi connectivity index (χ2v) is 4.81. The topological polar surface area (TPSA) is 18.5 Å². The van der Waals surface area contributed by atoms with E-state index in [0.29, 0.717) is 5.88 Å². The molecule has 78 valence electrons. The van der Waals surface area contributed by atoms with Gasteiger partial charge in [0.1, 0.15) is 0 Å². The highest BCUT2D eigenvalue weighted by Gasteiger charge is 2.35. The van der Waals surface area contributed by atoms with E-state index in [1.54, 1.807) is 0 Å². The van der Waals surface area contributed by atoms with Crippen LogP contribution in [0.25, 0.3) is 0 Å². The standard InChI is InChI=1S/C10H19ClO2/c1-7-5-10(3,4)8(2)13-9(6-11)12-7/h7-9H,5-6H2,1-4H3. The summed E-state index contributed by atoms with van der Waals surface area (Å²) in [6.07, 6.45) is 1.19. The minimum absolute atomic E-state index is 0.167. The fraction of sp³-hybridized carbons (Fsp3) is 1.00. The molecule has 13 heavy (non-hydrogen) atoms. The minimum Gasteiger partial charge on any atom is -0.348 e. The molecule has 0 aromatic heterocycles. The van der Waals surface area contributed by atoms with Crippen molar-refractivity contribution in [2.75, 3.05) is 5.88 Å². The Morgan fingerprint density at radius 3 is 2.46 bits per heavy atom. The third-order valence-electron chi connectivity index (χ3n) is 2.78. The molecule has 1 saturated heterocycles. The van der Waals surface area contributed by atoms with E-state index in [1.807, 2.05) is 0 Å². The van der Waals surface area contributed by atoms with Gasteiger partial charge in [-0.25, -0.2) is 0 Å². The predicted molar refractivity (Wildman–Crippen MR) is 54.0 cm³/mol. The first-order chi connectivity index (χ1) is 5.95. The molecule has 0 aromatic carbocycles. The summed E-state index contributed by atoms with van der Waals surface area (Å²) >= 11 is 5.73. The van der Waals surface area contributed by atoms with Gasteiger partial charge in [0.05, 0.1) is 18.1 Å². The van der Waals surface area contributed by atoms with Crippen LogP contribution in [0.3, 0.4) is 0 Å². The van der Waals surface area contributed by atoms with Gasteiger partial charge in [-0.15, -0.1) is 11.6 Å².